The van der Waals surface area contributed by atoms with Crippen LogP contribution in [-0.2, 0) is 0 Å². The predicted molar refractivity (Wildman–Crippen MR) is 160 cm³/mol. The van der Waals surface area contributed by atoms with Gasteiger partial charge >= 0.3 is 0 Å². The van der Waals surface area contributed by atoms with Crippen molar-refractivity contribution in [2.24, 2.45) is 0 Å². The molecule has 6 aromatic carbocycles. The molecule has 38 heavy (non-hydrogen) atoms. The van der Waals surface area contributed by atoms with Crippen molar-refractivity contribution in [2.45, 2.75) is 0 Å². The lowest BCUT2D eigenvalue weighted by Crippen LogP contribution is -1.93. The summed E-state index contributed by atoms with van der Waals surface area (Å²) in [6.07, 6.45) is 0. The molecule has 0 saturated carbocycles. The van der Waals surface area contributed by atoms with Gasteiger partial charge in [-0.25, -0.2) is 9.97 Å². The lowest BCUT2D eigenvalue weighted by molar-refractivity contribution is 1.29. The summed E-state index contributed by atoms with van der Waals surface area (Å²) in [6, 6.07) is 47.2. The lowest BCUT2D eigenvalue weighted by atomic mass is 9.93. The summed E-state index contributed by atoms with van der Waals surface area (Å²) >= 11 is 0. The molecule has 0 bridgehead atoms. The highest BCUT2D eigenvalue weighted by Crippen LogP contribution is 2.37. The summed E-state index contributed by atoms with van der Waals surface area (Å²) < 4.78 is 0. The van der Waals surface area contributed by atoms with Crippen LogP contribution in [0.2, 0.25) is 0 Å². The van der Waals surface area contributed by atoms with Gasteiger partial charge in [0.05, 0.1) is 22.6 Å². The molecule has 0 amide bonds. The summed E-state index contributed by atoms with van der Waals surface area (Å²) in [7, 11) is 0. The van der Waals surface area contributed by atoms with Gasteiger partial charge in [-0.1, -0.05) is 109 Å². The summed E-state index contributed by atoms with van der Waals surface area (Å²) in [4.78, 5) is 10.2. The van der Waals surface area contributed by atoms with Crippen molar-refractivity contribution >= 4 is 54.0 Å². The minimum absolute atomic E-state index is 0.882. The van der Waals surface area contributed by atoms with Crippen LogP contribution < -0.4 is 0 Å². The van der Waals surface area contributed by atoms with Crippen LogP contribution in [0.25, 0.3) is 76.6 Å². The maximum Gasteiger partial charge on any atom is 0.0972 e. The third-order valence-corrected chi connectivity index (χ3v) is 7.64. The topological polar surface area (TPSA) is 25.8 Å². The Kier molecular flexibility index (Phi) is 4.55. The van der Waals surface area contributed by atoms with E-state index < -0.39 is 0 Å². The first kappa shape index (κ1) is 21.0. The molecule has 8 aromatic rings. The second-order valence-corrected chi connectivity index (χ2v) is 9.78. The second kappa shape index (κ2) is 8.22. The largest absolute Gasteiger partial charge is 0.246 e. The number of nitrogens with zero attached hydrogens (tertiary/aromatic N) is 2. The summed E-state index contributed by atoms with van der Waals surface area (Å²) in [5.74, 6) is 0. The van der Waals surface area contributed by atoms with Gasteiger partial charge in [0.25, 0.3) is 0 Å². The Labute approximate surface area is 219 Å². The molecule has 0 spiro atoms. The molecule has 0 aliphatic heterocycles. The number of aromatic nitrogens is 2. The fourth-order valence-electron chi connectivity index (χ4n) is 5.89. The maximum atomic E-state index is 5.16. The van der Waals surface area contributed by atoms with Gasteiger partial charge in [0.15, 0.2) is 0 Å². The van der Waals surface area contributed by atoms with Gasteiger partial charge in [0, 0.05) is 16.3 Å². The summed E-state index contributed by atoms with van der Waals surface area (Å²) in [5, 5.41) is 11.1. The number of hydrogen-bond donors (Lipinski definition) is 0. The number of fused-ring (bicyclic) bond motifs is 9. The third kappa shape index (κ3) is 3.14. The van der Waals surface area contributed by atoms with Crippen LogP contribution in [0.1, 0.15) is 0 Å². The fraction of sp³-hybridized carbons (Fsp3) is 0. The molecule has 0 aliphatic carbocycles. The van der Waals surface area contributed by atoms with Crippen molar-refractivity contribution in [3.8, 4) is 22.6 Å². The lowest BCUT2D eigenvalue weighted by Gasteiger charge is -2.13. The van der Waals surface area contributed by atoms with Gasteiger partial charge in [-0.3, -0.25) is 0 Å². The third-order valence-electron chi connectivity index (χ3n) is 7.64. The highest BCUT2D eigenvalue weighted by Gasteiger charge is 2.13. The molecule has 0 radical (unpaired) electrons. The molecule has 8 rings (SSSR count). The number of hydrogen-bond acceptors (Lipinski definition) is 2. The van der Waals surface area contributed by atoms with Gasteiger partial charge in [0.2, 0.25) is 0 Å². The fourth-order valence-corrected chi connectivity index (χ4v) is 5.89. The Balaban J connectivity index is 1.36. The molecular weight excluding hydrogens is 460 g/mol. The Bertz CT molecular complexity index is 2160. The van der Waals surface area contributed by atoms with Gasteiger partial charge in [-0.05, 0) is 62.0 Å². The van der Waals surface area contributed by atoms with E-state index in [0.717, 1.165) is 38.9 Å². The van der Waals surface area contributed by atoms with E-state index in [1.165, 1.54) is 37.7 Å². The zero-order chi connectivity index (χ0) is 25.1. The SMILES string of the molecule is c1cc(-c2ccc3c4ccccc4c4ccccc4c3c2)nc(-c2nc3ccccc3c3ccccc23)c1. The molecule has 2 nitrogen and oxygen atoms in total. The van der Waals surface area contributed by atoms with Gasteiger partial charge in [-0.15, -0.1) is 0 Å². The Morgan fingerprint density at radius 2 is 0.816 bits per heavy atom. The highest BCUT2D eigenvalue weighted by molar-refractivity contribution is 6.25. The summed E-state index contributed by atoms with van der Waals surface area (Å²) in [6.45, 7) is 0. The number of benzene rings is 6. The molecule has 0 saturated heterocycles. The average molecular weight is 483 g/mol. The van der Waals surface area contributed by atoms with Gasteiger partial charge < -0.3 is 0 Å². The van der Waals surface area contributed by atoms with E-state index in [2.05, 4.69) is 127 Å². The van der Waals surface area contributed by atoms with Crippen molar-refractivity contribution in [1.29, 1.82) is 0 Å². The van der Waals surface area contributed by atoms with E-state index in [9.17, 15) is 0 Å². The van der Waals surface area contributed by atoms with Crippen LogP contribution in [-0.4, -0.2) is 9.97 Å². The molecule has 2 heterocycles. The van der Waals surface area contributed by atoms with Gasteiger partial charge in [-0.2, -0.15) is 0 Å². The zero-order valence-electron chi connectivity index (χ0n) is 20.6. The predicted octanol–water partition coefficient (Wildman–Crippen LogP) is 9.58. The second-order valence-electron chi connectivity index (χ2n) is 9.78. The standard InChI is InChI=1S/C36H22N2/c1-2-12-26-24(10-1)25-11-3-4-13-27(25)32-22-23(20-21-29(26)32)33-18-9-19-35(37-33)36-31-16-6-5-14-28(31)30-15-7-8-17-34(30)38-36/h1-22H. The van der Waals surface area contributed by atoms with Crippen molar-refractivity contribution in [2.75, 3.05) is 0 Å². The molecule has 2 aromatic heterocycles. The summed E-state index contributed by atoms with van der Waals surface area (Å²) in [5.41, 5.74) is 4.83. The van der Waals surface area contributed by atoms with E-state index in [4.69, 9.17) is 9.97 Å². The molecular formula is C36H22N2. The minimum Gasteiger partial charge on any atom is -0.246 e. The first-order valence-corrected chi connectivity index (χ1v) is 12.9. The maximum absolute atomic E-state index is 5.16. The van der Waals surface area contributed by atoms with Crippen LogP contribution in [0.15, 0.2) is 133 Å². The van der Waals surface area contributed by atoms with Gasteiger partial charge in [0.1, 0.15) is 0 Å². The molecule has 2 heteroatoms. The van der Waals surface area contributed by atoms with E-state index in [1.807, 2.05) is 6.07 Å². The van der Waals surface area contributed by atoms with Crippen molar-refractivity contribution < 1.29 is 0 Å². The van der Waals surface area contributed by atoms with Crippen LogP contribution in [0, 0.1) is 0 Å². The quantitative estimate of drug-likeness (QED) is 0.229. The van der Waals surface area contributed by atoms with Crippen LogP contribution in [0.3, 0.4) is 0 Å². The van der Waals surface area contributed by atoms with Crippen LogP contribution >= 0.6 is 0 Å². The first-order chi connectivity index (χ1) is 18.8. The molecule has 0 aliphatic rings. The molecule has 0 N–H and O–H groups in total. The molecule has 0 fully saturated rings. The Hall–Kier alpha value is -5.08. The van der Waals surface area contributed by atoms with Crippen molar-refractivity contribution in [1.82, 2.24) is 9.97 Å². The monoisotopic (exact) mass is 482 g/mol. The van der Waals surface area contributed by atoms with E-state index >= 15 is 0 Å². The Morgan fingerprint density at radius 3 is 1.50 bits per heavy atom. The normalized spacial score (nSPS) is 11.7. The number of rotatable bonds is 2. The van der Waals surface area contributed by atoms with E-state index in [0.29, 0.717) is 0 Å². The smallest absolute Gasteiger partial charge is 0.0972 e. The highest BCUT2D eigenvalue weighted by atomic mass is 14.8. The minimum atomic E-state index is 0.882. The zero-order valence-corrected chi connectivity index (χ0v) is 20.6. The number of pyridine rings is 2. The van der Waals surface area contributed by atoms with E-state index in [1.54, 1.807) is 0 Å². The molecule has 0 atom stereocenters. The average Bonchev–Trinajstić information content (AvgIpc) is 3.00. The molecule has 0 unspecified atom stereocenters. The van der Waals surface area contributed by atoms with Crippen LogP contribution in [0.4, 0.5) is 0 Å². The first-order valence-electron chi connectivity index (χ1n) is 12.9. The van der Waals surface area contributed by atoms with Crippen molar-refractivity contribution in [3.05, 3.63) is 133 Å². The van der Waals surface area contributed by atoms with E-state index in [-0.39, 0.29) is 0 Å². The van der Waals surface area contributed by atoms with Crippen molar-refractivity contribution in [3.63, 3.8) is 0 Å². The van der Waals surface area contributed by atoms with Crippen LogP contribution in [0.5, 0.6) is 0 Å². The number of para-hydroxylation sites is 1. The Morgan fingerprint density at radius 1 is 0.316 bits per heavy atom. The molecule has 176 valence electrons.